The summed E-state index contributed by atoms with van der Waals surface area (Å²) in [5.41, 5.74) is 0.731. The van der Waals surface area contributed by atoms with Gasteiger partial charge in [0.05, 0.1) is 32.8 Å². The zero-order valence-corrected chi connectivity index (χ0v) is 26.9. The number of nitrogens with one attached hydrogen (secondary N) is 1. The van der Waals surface area contributed by atoms with E-state index in [-0.39, 0.29) is 30.0 Å². The van der Waals surface area contributed by atoms with Gasteiger partial charge in [-0.1, -0.05) is 69.3 Å². The third-order valence-corrected chi connectivity index (χ3v) is 12.9. The average Bonchev–Trinajstić information content (AvgIpc) is 3.59. The van der Waals surface area contributed by atoms with E-state index in [0.29, 0.717) is 23.1 Å². The number of fused-ring (bicyclic) bond motifs is 1. The minimum absolute atomic E-state index is 0.0790. The normalized spacial score (nSPS) is 20.5. The molecule has 5 rings (SSSR count). The van der Waals surface area contributed by atoms with Crippen molar-refractivity contribution in [3.8, 4) is 0 Å². The van der Waals surface area contributed by atoms with Crippen molar-refractivity contribution < 1.29 is 28.2 Å². The Bertz CT molecular complexity index is 1610. The third-order valence-electron chi connectivity index (χ3n) is 8.42. The summed E-state index contributed by atoms with van der Waals surface area (Å²) in [6.07, 6.45) is 1.88. The lowest BCUT2D eigenvalue weighted by Crippen LogP contribution is -2.57. The molecule has 4 aromatic rings. The van der Waals surface area contributed by atoms with Crippen LogP contribution in [0.1, 0.15) is 49.3 Å². The van der Waals surface area contributed by atoms with Crippen LogP contribution in [0.25, 0.3) is 11.2 Å². The Labute approximate surface area is 258 Å². The lowest BCUT2D eigenvalue weighted by Gasteiger charge is -2.41. The molecule has 3 atom stereocenters. The van der Waals surface area contributed by atoms with Gasteiger partial charge in [0.1, 0.15) is 12.6 Å². The predicted molar refractivity (Wildman–Crippen MR) is 167 cm³/mol. The minimum atomic E-state index is -2.39. The molecule has 0 spiro atoms. The number of carbonyl (C=O) groups excluding carboxylic acids is 2. The zero-order chi connectivity index (χ0) is 31.5. The van der Waals surface area contributed by atoms with Crippen LogP contribution in [0.2, 0.25) is 18.1 Å². The van der Waals surface area contributed by atoms with E-state index in [1.54, 1.807) is 35.2 Å². The van der Waals surface area contributed by atoms with Crippen molar-refractivity contribution in [1.29, 1.82) is 0 Å². The van der Waals surface area contributed by atoms with Crippen LogP contribution in [0.15, 0.2) is 73.3 Å². The lowest BCUT2D eigenvalue weighted by atomic mass is 9.97. The maximum atomic E-state index is 13.6. The van der Waals surface area contributed by atoms with Crippen LogP contribution in [0, 0.1) is 0 Å². The Balaban J connectivity index is 1.48. The molecular weight excluding hydrogens is 578 g/mol. The predicted octanol–water partition coefficient (Wildman–Crippen LogP) is 5.52. The molecule has 2 aromatic carbocycles. The lowest BCUT2D eigenvalue weighted by molar-refractivity contribution is -0.191. The zero-order valence-electron chi connectivity index (χ0n) is 25.9. The summed E-state index contributed by atoms with van der Waals surface area (Å²) in [5.74, 6) is -0.632. The molecule has 12 heteroatoms. The van der Waals surface area contributed by atoms with Crippen molar-refractivity contribution in [3.05, 3.63) is 84.4 Å². The molecule has 0 bridgehead atoms. The summed E-state index contributed by atoms with van der Waals surface area (Å²) < 4.78 is 26.7. The maximum absolute atomic E-state index is 13.6. The Morgan fingerprint density at radius 2 is 1.73 bits per heavy atom. The SMILES string of the molecule is COC(=O)[C@]1(COCc2ccccc2)O[C@@H](n2cnc3c(NC(=O)c4ccccc4)ncnc32)C[C@@H]1O[Si](C)(C)C(C)(C)C. The molecule has 44 heavy (non-hydrogen) atoms. The number of hydrogen-bond donors (Lipinski definition) is 1. The van der Waals surface area contributed by atoms with Crippen LogP contribution in [0.3, 0.4) is 0 Å². The molecule has 0 saturated carbocycles. The molecule has 1 aliphatic rings. The molecule has 1 saturated heterocycles. The van der Waals surface area contributed by atoms with E-state index in [2.05, 4.69) is 54.1 Å². The molecule has 0 aliphatic carbocycles. The Morgan fingerprint density at radius 1 is 1.05 bits per heavy atom. The molecule has 1 fully saturated rings. The van der Waals surface area contributed by atoms with Gasteiger partial charge in [-0.25, -0.2) is 19.7 Å². The minimum Gasteiger partial charge on any atom is -0.467 e. The molecule has 0 radical (unpaired) electrons. The second kappa shape index (κ2) is 12.6. The first-order valence-corrected chi connectivity index (χ1v) is 17.5. The average molecular weight is 618 g/mol. The number of anilines is 1. The van der Waals surface area contributed by atoms with E-state index in [0.717, 1.165) is 5.56 Å². The van der Waals surface area contributed by atoms with Crippen LogP contribution in [0.5, 0.6) is 0 Å². The van der Waals surface area contributed by atoms with Crippen molar-refractivity contribution in [2.75, 3.05) is 19.0 Å². The van der Waals surface area contributed by atoms with Crippen molar-refractivity contribution in [1.82, 2.24) is 19.5 Å². The largest absolute Gasteiger partial charge is 0.467 e. The van der Waals surface area contributed by atoms with Crippen LogP contribution in [-0.4, -0.2) is 65.1 Å². The number of nitrogens with zero attached hydrogens (tertiary/aromatic N) is 4. The Kier molecular flexibility index (Phi) is 8.98. The van der Waals surface area contributed by atoms with E-state index < -0.39 is 32.2 Å². The van der Waals surface area contributed by atoms with Gasteiger partial charge in [0.2, 0.25) is 5.60 Å². The van der Waals surface area contributed by atoms with Crippen LogP contribution in [-0.2, 0) is 30.0 Å². The second-order valence-electron chi connectivity index (χ2n) is 12.4. The van der Waals surface area contributed by atoms with Crippen LogP contribution >= 0.6 is 0 Å². The number of aromatic nitrogens is 4. The van der Waals surface area contributed by atoms with E-state index in [1.807, 2.05) is 36.4 Å². The van der Waals surface area contributed by atoms with Gasteiger partial charge in [-0.3, -0.25) is 9.36 Å². The Morgan fingerprint density at radius 3 is 2.39 bits per heavy atom. The fourth-order valence-electron chi connectivity index (χ4n) is 4.94. The van der Waals surface area contributed by atoms with Gasteiger partial charge in [0, 0.05) is 12.0 Å². The van der Waals surface area contributed by atoms with E-state index in [1.165, 1.54) is 13.4 Å². The van der Waals surface area contributed by atoms with Crippen molar-refractivity contribution >= 4 is 37.2 Å². The molecule has 0 unspecified atom stereocenters. The van der Waals surface area contributed by atoms with Crippen LogP contribution in [0.4, 0.5) is 5.82 Å². The fraction of sp³-hybridized carbons (Fsp3) is 0.406. The number of carbonyl (C=O) groups is 2. The summed E-state index contributed by atoms with van der Waals surface area (Å²) in [5, 5.41) is 2.70. The van der Waals surface area contributed by atoms with Gasteiger partial charge in [0.15, 0.2) is 25.3 Å². The van der Waals surface area contributed by atoms with E-state index in [4.69, 9.17) is 18.6 Å². The van der Waals surface area contributed by atoms with Crippen LogP contribution < -0.4 is 5.32 Å². The van der Waals surface area contributed by atoms with Gasteiger partial charge < -0.3 is 24.0 Å². The molecule has 2 aromatic heterocycles. The van der Waals surface area contributed by atoms with Gasteiger partial charge >= 0.3 is 5.97 Å². The highest BCUT2D eigenvalue weighted by atomic mass is 28.4. The topological polar surface area (TPSA) is 127 Å². The quantitative estimate of drug-likeness (QED) is 0.181. The first-order valence-electron chi connectivity index (χ1n) is 14.5. The first-order chi connectivity index (χ1) is 20.9. The third kappa shape index (κ3) is 6.29. The van der Waals surface area contributed by atoms with Crippen molar-refractivity contribution in [3.63, 3.8) is 0 Å². The number of benzene rings is 2. The number of ether oxygens (including phenoxy) is 3. The molecule has 11 nitrogen and oxygen atoms in total. The molecular formula is C32H39N5O6Si. The summed E-state index contributed by atoms with van der Waals surface area (Å²) in [6.45, 7) is 10.9. The number of hydrogen-bond acceptors (Lipinski definition) is 9. The van der Waals surface area contributed by atoms with Gasteiger partial charge in [-0.15, -0.1) is 0 Å². The number of imidazole rings is 1. The van der Waals surface area contributed by atoms with Gasteiger partial charge in [-0.05, 0) is 35.8 Å². The molecule has 1 N–H and O–H groups in total. The van der Waals surface area contributed by atoms with Gasteiger partial charge in [0.25, 0.3) is 5.91 Å². The van der Waals surface area contributed by atoms with Gasteiger partial charge in [-0.2, -0.15) is 0 Å². The monoisotopic (exact) mass is 617 g/mol. The molecule has 3 heterocycles. The number of esters is 1. The summed E-state index contributed by atoms with van der Waals surface area (Å²) in [6, 6.07) is 18.6. The second-order valence-corrected chi connectivity index (χ2v) is 17.2. The van der Waals surface area contributed by atoms with E-state index >= 15 is 0 Å². The summed E-state index contributed by atoms with van der Waals surface area (Å²) in [7, 11) is -1.05. The fourth-order valence-corrected chi connectivity index (χ4v) is 6.29. The van der Waals surface area contributed by atoms with Crippen molar-refractivity contribution in [2.24, 2.45) is 0 Å². The molecule has 1 amide bonds. The summed E-state index contributed by atoms with van der Waals surface area (Å²) in [4.78, 5) is 39.7. The summed E-state index contributed by atoms with van der Waals surface area (Å²) >= 11 is 0. The van der Waals surface area contributed by atoms with Crippen molar-refractivity contribution in [2.45, 2.75) is 69.9 Å². The highest BCUT2D eigenvalue weighted by Gasteiger charge is 2.59. The standard InChI is InChI=1S/C32H39N5O6Si/c1-31(2,3)44(5,6)43-24-17-25(42-32(24,30(39)40-4)19-41-18-22-13-9-7-10-14-22)37-21-35-26-27(33-20-34-28(26)37)36-29(38)23-15-11-8-12-16-23/h7-16,20-21,24-25H,17-19H2,1-6H3,(H,33,34,36,38)/t24-,25+,32+/m0/s1. The molecule has 232 valence electrons. The Hall–Kier alpha value is -3.97. The number of rotatable bonds is 10. The number of methoxy groups -OCH3 is 1. The highest BCUT2D eigenvalue weighted by molar-refractivity contribution is 6.74. The van der Waals surface area contributed by atoms with E-state index in [9.17, 15) is 9.59 Å². The first kappa shape index (κ1) is 31.5. The highest BCUT2D eigenvalue weighted by Crippen LogP contribution is 2.46. The number of amides is 1. The smallest absolute Gasteiger partial charge is 0.343 e. The maximum Gasteiger partial charge on any atom is 0.343 e. The molecule has 1 aliphatic heterocycles.